The van der Waals surface area contributed by atoms with E-state index in [0.717, 1.165) is 23.3 Å². The topological polar surface area (TPSA) is 72.3 Å². The Bertz CT molecular complexity index is 745. The van der Waals surface area contributed by atoms with E-state index < -0.39 is 5.60 Å². The van der Waals surface area contributed by atoms with Gasteiger partial charge in [-0.25, -0.2) is 14.8 Å². The first kappa shape index (κ1) is 17.6. The van der Waals surface area contributed by atoms with Gasteiger partial charge in [-0.1, -0.05) is 0 Å². The highest BCUT2D eigenvalue weighted by atomic mass is 127. The van der Waals surface area contributed by atoms with Crippen LogP contribution in [-0.2, 0) is 4.74 Å². The van der Waals surface area contributed by atoms with Crippen LogP contribution in [0.1, 0.15) is 27.2 Å². The number of carbonyl (C=O) groups excluding carboxylic acids is 1. The Morgan fingerprint density at radius 1 is 1.46 bits per heavy atom. The van der Waals surface area contributed by atoms with E-state index in [-0.39, 0.29) is 12.1 Å². The van der Waals surface area contributed by atoms with E-state index in [4.69, 9.17) is 4.74 Å². The van der Waals surface area contributed by atoms with Crippen LogP contribution in [0, 0.1) is 0 Å². The summed E-state index contributed by atoms with van der Waals surface area (Å²) in [6.45, 7) is 6.94. The lowest BCUT2D eigenvalue weighted by Gasteiger charge is -2.24. The molecule has 1 saturated heterocycles. The van der Waals surface area contributed by atoms with Crippen LogP contribution < -0.4 is 5.32 Å². The van der Waals surface area contributed by atoms with Gasteiger partial charge in [-0.05, 0) is 33.3 Å². The molecule has 1 aliphatic heterocycles. The van der Waals surface area contributed by atoms with E-state index in [1.54, 1.807) is 20.3 Å². The summed E-state index contributed by atoms with van der Waals surface area (Å²) < 4.78 is 7.43. The first-order chi connectivity index (χ1) is 11.4. The molecule has 1 amide bonds. The van der Waals surface area contributed by atoms with Gasteiger partial charge < -0.3 is 15.0 Å². The largest absolute Gasteiger partial charge is 0.444 e. The summed E-state index contributed by atoms with van der Waals surface area (Å²) in [7, 11) is 1.57. The molecule has 9 heteroatoms. The molecule has 0 aliphatic carbocycles. The molecule has 0 bridgehead atoms. The second-order valence-corrected chi connectivity index (χ2v) is 8.44. The van der Waals surface area contributed by atoms with Crippen molar-refractivity contribution in [2.45, 2.75) is 38.8 Å². The van der Waals surface area contributed by atoms with Gasteiger partial charge in [0.15, 0.2) is 5.65 Å². The number of nitrogens with one attached hydrogen (secondary N) is 1. The number of carbonyl (C=O) groups is 1. The van der Waals surface area contributed by atoms with Gasteiger partial charge in [0, 0.05) is 55.7 Å². The fourth-order valence-corrected chi connectivity index (χ4v) is 3.93. The van der Waals surface area contributed by atoms with Gasteiger partial charge >= 0.3 is 6.09 Å². The standard InChI is InChI=1S/C15H20IN5O2S/c1-15(2,3)23-14(22)20-6-4-10(8-20)19-12-11-5-7-21(24-16)13(11)18-9-17-12/h5,7,9-10H,4,6,8H2,1-3H3,(H,17,18,19). The lowest BCUT2D eigenvalue weighted by molar-refractivity contribution is 0.0293. The van der Waals surface area contributed by atoms with E-state index in [1.165, 1.54) is 0 Å². The molecule has 3 rings (SSSR count). The van der Waals surface area contributed by atoms with Gasteiger partial charge in [-0.15, -0.1) is 0 Å². The molecule has 0 radical (unpaired) electrons. The van der Waals surface area contributed by atoms with Crippen LogP contribution in [-0.4, -0.2) is 49.7 Å². The molecule has 1 aliphatic rings. The molecule has 0 aromatic carbocycles. The van der Waals surface area contributed by atoms with Crippen molar-refractivity contribution in [3.8, 4) is 0 Å². The van der Waals surface area contributed by atoms with Gasteiger partial charge in [0.1, 0.15) is 17.7 Å². The Kier molecular flexibility index (Phi) is 5.09. The molecule has 130 valence electrons. The fourth-order valence-electron chi connectivity index (χ4n) is 2.66. The Balaban J connectivity index is 1.68. The SMILES string of the molecule is CC(C)(C)OC(=O)N1CCC(Nc2ncnc3c2ccn3SI)C1. The Morgan fingerprint density at radius 3 is 2.96 bits per heavy atom. The number of hydrogen-bond acceptors (Lipinski definition) is 6. The van der Waals surface area contributed by atoms with Gasteiger partial charge in [0.2, 0.25) is 0 Å². The summed E-state index contributed by atoms with van der Waals surface area (Å²) >= 11 is 2.22. The van der Waals surface area contributed by atoms with Crippen LogP contribution in [0.25, 0.3) is 11.0 Å². The van der Waals surface area contributed by atoms with Crippen LogP contribution in [0.15, 0.2) is 18.6 Å². The third kappa shape index (κ3) is 3.88. The van der Waals surface area contributed by atoms with Crippen molar-refractivity contribution in [3.05, 3.63) is 18.6 Å². The quantitative estimate of drug-likeness (QED) is 0.703. The second kappa shape index (κ2) is 6.95. The van der Waals surface area contributed by atoms with E-state index in [9.17, 15) is 4.79 Å². The number of hydrogen-bond donors (Lipinski definition) is 1. The number of fused-ring (bicyclic) bond motifs is 1. The zero-order valence-electron chi connectivity index (χ0n) is 13.8. The molecular formula is C15H20IN5O2S. The minimum atomic E-state index is -0.471. The van der Waals surface area contributed by atoms with Crippen molar-refractivity contribution in [2.24, 2.45) is 0 Å². The molecule has 3 heterocycles. The first-order valence-electron chi connectivity index (χ1n) is 7.73. The highest BCUT2D eigenvalue weighted by Crippen LogP contribution is 2.28. The Morgan fingerprint density at radius 2 is 2.25 bits per heavy atom. The van der Waals surface area contributed by atoms with Gasteiger partial charge in [0.05, 0.1) is 5.39 Å². The molecule has 1 unspecified atom stereocenters. The molecule has 2 aromatic rings. The number of anilines is 1. The van der Waals surface area contributed by atoms with Crippen molar-refractivity contribution in [2.75, 3.05) is 18.4 Å². The van der Waals surface area contributed by atoms with E-state index >= 15 is 0 Å². The smallest absolute Gasteiger partial charge is 0.410 e. The number of nitrogens with zero attached hydrogens (tertiary/aromatic N) is 4. The van der Waals surface area contributed by atoms with Crippen LogP contribution >= 0.6 is 30.3 Å². The molecule has 1 fully saturated rings. The molecule has 2 aromatic heterocycles. The van der Waals surface area contributed by atoms with Crippen LogP contribution in [0.2, 0.25) is 0 Å². The monoisotopic (exact) mass is 461 g/mol. The first-order valence-corrected chi connectivity index (χ1v) is 11.0. The van der Waals surface area contributed by atoms with Gasteiger partial charge in [-0.2, -0.15) is 0 Å². The molecule has 0 spiro atoms. The summed E-state index contributed by atoms with van der Waals surface area (Å²) in [5, 5.41) is 4.43. The maximum atomic E-state index is 12.2. The lowest BCUT2D eigenvalue weighted by Crippen LogP contribution is -2.36. The molecular weight excluding hydrogens is 441 g/mol. The molecule has 1 atom stereocenters. The van der Waals surface area contributed by atoms with Crippen LogP contribution in [0.5, 0.6) is 0 Å². The predicted molar refractivity (Wildman–Crippen MR) is 104 cm³/mol. The second-order valence-electron chi connectivity index (χ2n) is 6.73. The van der Waals surface area contributed by atoms with Crippen molar-refractivity contribution in [1.82, 2.24) is 18.8 Å². The average molecular weight is 461 g/mol. The van der Waals surface area contributed by atoms with Crippen molar-refractivity contribution in [3.63, 3.8) is 0 Å². The third-order valence-corrected chi connectivity index (χ3v) is 5.42. The number of likely N-dealkylation sites (tertiary alicyclic amines) is 1. The summed E-state index contributed by atoms with van der Waals surface area (Å²) in [5.74, 6) is 0.806. The van der Waals surface area contributed by atoms with E-state index in [0.29, 0.717) is 13.1 Å². The Labute approximate surface area is 157 Å². The maximum Gasteiger partial charge on any atom is 0.410 e. The van der Waals surface area contributed by atoms with E-state index in [2.05, 4.69) is 36.5 Å². The number of ether oxygens (including phenoxy) is 1. The van der Waals surface area contributed by atoms with Crippen molar-refractivity contribution < 1.29 is 9.53 Å². The summed E-state index contributed by atoms with van der Waals surface area (Å²) in [4.78, 5) is 22.6. The number of halogens is 1. The Hall–Kier alpha value is -1.23. The fraction of sp³-hybridized carbons (Fsp3) is 0.533. The minimum absolute atomic E-state index is 0.159. The average Bonchev–Trinajstić information content (AvgIpc) is 3.12. The van der Waals surface area contributed by atoms with Gasteiger partial charge in [0.25, 0.3) is 0 Å². The lowest BCUT2D eigenvalue weighted by atomic mass is 10.2. The summed E-state index contributed by atoms with van der Waals surface area (Å²) in [6, 6.07) is 2.16. The van der Waals surface area contributed by atoms with Crippen LogP contribution in [0.3, 0.4) is 0 Å². The van der Waals surface area contributed by atoms with Crippen LogP contribution in [0.4, 0.5) is 10.6 Å². The van der Waals surface area contributed by atoms with Crippen molar-refractivity contribution >= 4 is 53.3 Å². The number of rotatable bonds is 3. The number of amides is 1. The van der Waals surface area contributed by atoms with E-state index in [1.807, 2.05) is 37.0 Å². The highest BCUT2D eigenvalue weighted by Gasteiger charge is 2.30. The van der Waals surface area contributed by atoms with Gasteiger partial charge in [-0.3, -0.25) is 3.97 Å². The third-order valence-electron chi connectivity index (χ3n) is 3.70. The van der Waals surface area contributed by atoms with Crippen molar-refractivity contribution in [1.29, 1.82) is 0 Å². The summed E-state index contributed by atoms with van der Waals surface area (Å²) in [5.41, 5.74) is 0.412. The number of aromatic nitrogens is 3. The normalized spacial score (nSPS) is 18.2. The molecule has 7 nitrogen and oxygen atoms in total. The highest BCUT2D eigenvalue weighted by molar-refractivity contribution is 14.2. The summed E-state index contributed by atoms with van der Waals surface area (Å²) in [6.07, 6.45) is 4.15. The zero-order valence-corrected chi connectivity index (χ0v) is 16.8. The maximum absolute atomic E-state index is 12.2. The minimum Gasteiger partial charge on any atom is -0.444 e. The zero-order chi connectivity index (χ0) is 17.3. The molecule has 0 saturated carbocycles. The molecule has 24 heavy (non-hydrogen) atoms. The molecule has 1 N–H and O–H groups in total. The predicted octanol–water partition coefficient (Wildman–Crippen LogP) is 3.70.